The molecule has 0 aliphatic carbocycles. The maximum Gasteiger partial charge on any atom is 0.170 e. The van der Waals surface area contributed by atoms with Crippen molar-refractivity contribution >= 4 is 22.3 Å². The quantitative estimate of drug-likeness (QED) is 0.465. The molecule has 0 unspecified atom stereocenters. The van der Waals surface area contributed by atoms with Crippen LogP contribution in [0.5, 0.6) is 5.75 Å². The van der Waals surface area contributed by atoms with E-state index in [2.05, 4.69) is 16.5 Å². The van der Waals surface area contributed by atoms with Crippen molar-refractivity contribution in [3.05, 3.63) is 70.7 Å². The normalized spacial score (nSPS) is 12.4. The van der Waals surface area contributed by atoms with Crippen molar-refractivity contribution in [3.8, 4) is 17.0 Å². The zero-order valence-electron chi connectivity index (χ0n) is 15.0. The molecule has 0 bridgehead atoms. The molecule has 0 saturated carbocycles. The molecule has 0 aliphatic heterocycles. The van der Waals surface area contributed by atoms with E-state index in [1.807, 2.05) is 35.7 Å². The van der Waals surface area contributed by atoms with Gasteiger partial charge in [-0.1, -0.05) is 11.2 Å². The van der Waals surface area contributed by atoms with Gasteiger partial charge in [0.2, 0.25) is 0 Å². The molecule has 0 fully saturated rings. The summed E-state index contributed by atoms with van der Waals surface area (Å²) in [6.45, 7) is 1.39. The van der Waals surface area contributed by atoms with Crippen molar-refractivity contribution in [1.29, 1.82) is 0 Å². The highest BCUT2D eigenvalue weighted by molar-refractivity contribution is 7.09. The second kappa shape index (κ2) is 8.52. The largest absolute Gasteiger partial charge is 0.491 e. The van der Waals surface area contributed by atoms with E-state index in [9.17, 15) is 9.50 Å². The Bertz CT molecular complexity index is 1030. The molecule has 0 saturated heterocycles. The van der Waals surface area contributed by atoms with Crippen molar-refractivity contribution < 1.29 is 18.8 Å². The van der Waals surface area contributed by atoms with Gasteiger partial charge in [-0.05, 0) is 47.8 Å². The second-order valence-electron chi connectivity index (χ2n) is 6.37. The summed E-state index contributed by atoms with van der Waals surface area (Å²) in [5.41, 5.74) is 1.91. The first kappa shape index (κ1) is 18.6. The topological polar surface area (TPSA) is 67.5 Å². The third-order valence-corrected chi connectivity index (χ3v) is 5.14. The first-order valence-electron chi connectivity index (χ1n) is 8.88. The Hall–Kier alpha value is -2.74. The summed E-state index contributed by atoms with van der Waals surface area (Å²) in [6.07, 6.45) is -0.603. The van der Waals surface area contributed by atoms with Crippen LogP contribution in [-0.4, -0.2) is 29.5 Å². The van der Waals surface area contributed by atoms with Crippen LogP contribution in [0.1, 0.15) is 4.88 Å². The number of nitrogens with one attached hydrogen (secondary N) is 1. The Morgan fingerprint density at radius 1 is 1.18 bits per heavy atom. The molecular formula is C21H19FN2O3S. The first-order chi connectivity index (χ1) is 13.7. The lowest BCUT2D eigenvalue weighted by molar-refractivity contribution is 0.106. The minimum Gasteiger partial charge on any atom is -0.491 e. The molecule has 144 valence electrons. The molecule has 2 heterocycles. The molecule has 0 amide bonds. The second-order valence-corrected chi connectivity index (χ2v) is 7.40. The van der Waals surface area contributed by atoms with Crippen LogP contribution in [0, 0.1) is 5.82 Å². The third kappa shape index (κ3) is 4.39. The standard InChI is InChI=1S/C21H19FN2O3S/c22-15-5-8-19-20(10-15)27-24-21(19)14-3-6-17(7-4-14)26-13-16(25)11-23-12-18-2-1-9-28-18/h1-10,16,23,25H,11-13H2/t16-/m0/s1. The summed E-state index contributed by atoms with van der Waals surface area (Å²) in [6, 6.07) is 15.7. The van der Waals surface area contributed by atoms with Crippen LogP contribution < -0.4 is 10.1 Å². The zero-order chi connectivity index (χ0) is 19.3. The Kier molecular flexibility index (Phi) is 5.66. The fourth-order valence-electron chi connectivity index (χ4n) is 2.86. The molecule has 7 heteroatoms. The van der Waals surface area contributed by atoms with E-state index < -0.39 is 6.10 Å². The van der Waals surface area contributed by atoms with Crippen LogP contribution in [0.15, 0.2) is 64.5 Å². The van der Waals surface area contributed by atoms with Gasteiger partial charge >= 0.3 is 0 Å². The van der Waals surface area contributed by atoms with E-state index in [1.165, 1.54) is 17.0 Å². The highest BCUT2D eigenvalue weighted by Gasteiger charge is 2.11. The molecule has 5 nitrogen and oxygen atoms in total. The average molecular weight is 398 g/mol. The lowest BCUT2D eigenvalue weighted by Crippen LogP contribution is -2.30. The number of rotatable bonds is 8. The highest BCUT2D eigenvalue weighted by Crippen LogP contribution is 2.29. The number of aliphatic hydroxyl groups excluding tert-OH is 1. The minimum absolute atomic E-state index is 0.197. The van der Waals surface area contributed by atoms with Gasteiger partial charge in [-0.3, -0.25) is 0 Å². The van der Waals surface area contributed by atoms with E-state index in [-0.39, 0.29) is 12.4 Å². The average Bonchev–Trinajstić information content (AvgIpc) is 3.36. The number of aromatic nitrogens is 1. The zero-order valence-corrected chi connectivity index (χ0v) is 15.8. The van der Waals surface area contributed by atoms with Gasteiger partial charge in [0.25, 0.3) is 0 Å². The molecule has 2 aromatic heterocycles. The summed E-state index contributed by atoms with van der Waals surface area (Å²) >= 11 is 1.68. The molecule has 4 aromatic rings. The first-order valence-corrected chi connectivity index (χ1v) is 9.76. The highest BCUT2D eigenvalue weighted by atomic mass is 32.1. The van der Waals surface area contributed by atoms with Gasteiger partial charge in [-0.15, -0.1) is 11.3 Å². The van der Waals surface area contributed by atoms with Crippen molar-refractivity contribution in [1.82, 2.24) is 10.5 Å². The minimum atomic E-state index is -0.603. The van der Waals surface area contributed by atoms with E-state index in [0.717, 1.165) is 17.5 Å². The monoisotopic (exact) mass is 398 g/mol. The molecular weight excluding hydrogens is 379 g/mol. The molecule has 0 spiro atoms. The Labute approximate surface area is 165 Å². The van der Waals surface area contributed by atoms with Gasteiger partial charge in [-0.2, -0.15) is 0 Å². The lowest BCUT2D eigenvalue weighted by atomic mass is 10.1. The predicted molar refractivity (Wildman–Crippen MR) is 107 cm³/mol. The maximum atomic E-state index is 13.3. The SMILES string of the molecule is O[C@@H](CNCc1cccs1)COc1ccc(-c2noc3cc(F)ccc23)cc1. The summed E-state index contributed by atoms with van der Waals surface area (Å²) in [5, 5.41) is 20.1. The number of hydrogen-bond acceptors (Lipinski definition) is 6. The maximum absolute atomic E-state index is 13.3. The van der Waals surface area contributed by atoms with Crippen LogP contribution in [0.3, 0.4) is 0 Å². The van der Waals surface area contributed by atoms with E-state index in [4.69, 9.17) is 9.26 Å². The molecule has 2 aromatic carbocycles. The molecule has 28 heavy (non-hydrogen) atoms. The van der Waals surface area contributed by atoms with Crippen molar-refractivity contribution in [2.75, 3.05) is 13.2 Å². The van der Waals surface area contributed by atoms with Crippen LogP contribution in [0.4, 0.5) is 4.39 Å². The van der Waals surface area contributed by atoms with Crippen molar-refractivity contribution in [2.24, 2.45) is 0 Å². The van der Waals surface area contributed by atoms with E-state index in [0.29, 0.717) is 23.6 Å². The van der Waals surface area contributed by atoms with Crippen molar-refractivity contribution in [3.63, 3.8) is 0 Å². The molecule has 0 radical (unpaired) electrons. The van der Waals surface area contributed by atoms with E-state index in [1.54, 1.807) is 17.4 Å². The molecule has 4 rings (SSSR count). The Morgan fingerprint density at radius 3 is 2.82 bits per heavy atom. The van der Waals surface area contributed by atoms with Gasteiger partial charge in [0.1, 0.15) is 30.0 Å². The van der Waals surface area contributed by atoms with Gasteiger partial charge in [0.15, 0.2) is 5.58 Å². The number of ether oxygens (including phenoxy) is 1. The molecule has 0 aliphatic rings. The van der Waals surface area contributed by atoms with Crippen LogP contribution in [-0.2, 0) is 6.54 Å². The Morgan fingerprint density at radius 2 is 2.04 bits per heavy atom. The van der Waals surface area contributed by atoms with Gasteiger partial charge in [0.05, 0.1) is 0 Å². The fourth-order valence-corrected chi connectivity index (χ4v) is 3.53. The number of aliphatic hydroxyl groups is 1. The summed E-state index contributed by atoms with van der Waals surface area (Å²) in [5.74, 6) is 0.294. The van der Waals surface area contributed by atoms with Gasteiger partial charge in [0, 0.05) is 35.0 Å². The van der Waals surface area contributed by atoms with Crippen LogP contribution in [0.25, 0.3) is 22.2 Å². The number of halogens is 1. The smallest absolute Gasteiger partial charge is 0.170 e. The molecule has 1 atom stereocenters. The van der Waals surface area contributed by atoms with Crippen LogP contribution >= 0.6 is 11.3 Å². The number of hydrogen-bond donors (Lipinski definition) is 2. The van der Waals surface area contributed by atoms with E-state index >= 15 is 0 Å². The van der Waals surface area contributed by atoms with Crippen LogP contribution in [0.2, 0.25) is 0 Å². The Balaban J connectivity index is 1.31. The number of fused-ring (bicyclic) bond motifs is 1. The fraction of sp³-hybridized carbons (Fsp3) is 0.190. The number of thiophene rings is 1. The van der Waals surface area contributed by atoms with Gasteiger partial charge < -0.3 is 19.7 Å². The third-order valence-electron chi connectivity index (χ3n) is 4.26. The summed E-state index contributed by atoms with van der Waals surface area (Å²) in [7, 11) is 0. The number of benzene rings is 2. The van der Waals surface area contributed by atoms with Gasteiger partial charge in [-0.25, -0.2) is 4.39 Å². The summed E-state index contributed by atoms with van der Waals surface area (Å²) in [4.78, 5) is 1.23. The molecule has 2 N–H and O–H groups in total. The predicted octanol–water partition coefficient (Wildman–Crippen LogP) is 4.22. The van der Waals surface area contributed by atoms with Crippen molar-refractivity contribution in [2.45, 2.75) is 12.6 Å². The lowest BCUT2D eigenvalue weighted by Gasteiger charge is -2.13. The summed E-state index contributed by atoms with van der Waals surface area (Å²) < 4.78 is 24.1. The number of nitrogens with zero attached hydrogens (tertiary/aromatic N) is 1.